The highest BCUT2D eigenvalue weighted by Crippen LogP contribution is 2.46. The van der Waals surface area contributed by atoms with Gasteiger partial charge >= 0.3 is 12.2 Å². The molecule has 4 atom stereocenters. The van der Waals surface area contributed by atoms with Crippen LogP contribution in [0, 0.1) is 9.56 Å². The number of H-pyrrole nitrogens is 1. The second-order valence-electron chi connectivity index (χ2n) is 21.6. The SMILES string of the molecule is CC(C)OC(=O)N[C@H]1CC[C@H](c2ncc(-c3ccc(N4CCC(CC(C)OC(=O)NC5CCC(c6ncc(-c7ccc(Nc8cc(C9CC9)[nH]n8)cc7S(=N)(=O)C7CC7)s6)CC5)O4)cc3S(=N)(=O)C3CC3)s2)CC1. The van der Waals surface area contributed by atoms with Crippen molar-refractivity contribution in [2.45, 2.75) is 192 Å². The summed E-state index contributed by atoms with van der Waals surface area (Å²) in [4.78, 5) is 44.4. The lowest BCUT2D eigenvalue weighted by molar-refractivity contribution is 0.0331. The molecule has 1 saturated heterocycles. The van der Waals surface area contributed by atoms with E-state index in [1.54, 1.807) is 22.7 Å². The number of nitrogens with zero attached hydrogens (tertiary/aromatic N) is 4. The zero-order valence-corrected chi connectivity index (χ0v) is 45.5. The second kappa shape index (κ2) is 21.1. The number of hydrogen-bond acceptors (Lipinski definition) is 16. The van der Waals surface area contributed by atoms with Crippen molar-refractivity contribution < 1.29 is 32.3 Å². The number of benzene rings is 2. The fraction of sp³-hybridized carbons (Fsp3) is 0.566. The molecule has 6 N–H and O–H groups in total. The Balaban J connectivity index is 0.658. The quantitative estimate of drug-likeness (QED) is 0.0481. The van der Waals surface area contributed by atoms with E-state index in [0.29, 0.717) is 34.5 Å². The van der Waals surface area contributed by atoms with Crippen molar-refractivity contribution in [3.8, 4) is 20.9 Å². The zero-order chi connectivity index (χ0) is 51.3. The van der Waals surface area contributed by atoms with Gasteiger partial charge in [-0.15, -0.1) is 22.7 Å². The Bertz CT molecular complexity index is 3070. The maximum atomic E-state index is 14.2. The molecule has 5 aromatic rings. The van der Waals surface area contributed by atoms with Crippen LogP contribution in [0.2, 0.25) is 0 Å². The molecule has 17 nitrogen and oxygen atoms in total. The van der Waals surface area contributed by atoms with Gasteiger partial charge in [0.2, 0.25) is 0 Å². The van der Waals surface area contributed by atoms with Crippen LogP contribution in [0.4, 0.5) is 26.8 Å². The highest BCUT2D eigenvalue weighted by molar-refractivity contribution is 7.93. The number of thiazole rings is 2. The Morgan fingerprint density at radius 3 is 1.81 bits per heavy atom. The van der Waals surface area contributed by atoms with Gasteiger partial charge in [0, 0.05) is 94.3 Å². The molecule has 396 valence electrons. The van der Waals surface area contributed by atoms with Crippen molar-refractivity contribution in [3.63, 3.8) is 0 Å². The largest absolute Gasteiger partial charge is 0.447 e. The van der Waals surface area contributed by atoms with E-state index < -0.39 is 31.7 Å². The lowest BCUT2D eigenvalue weighted by Gasteiger charge is -2.28. The summed E-state index contributed by atoms with van der Waals surface area (Å²) in [6.07, 6.45) is 15.7. The molecule has 2 aromatic carbocycles. The first-order valence-corrected chi connectivity index (χ1v) is 31.5. The van der Waals surface area contributed by atoms with Gasteiger partial charge < -0.3 is 25.4 Å². The highest BCUT2D eigenvalue weighted by Gasteiger charge is 2.39. The van der Waals surface area contributed by atoms with E-state index in [-0.39, 0.29) is 52.7 Å². The van der Waals surface area contributed by atoms with Gasteiger partial charge in [-0.25, -0.2) is 37.5 Å². The maximum Gasteiger partial charge on any atom is 0.407 e. The minimum absolute atomic E-state index is 0.0147. The fourth-order valence-electron chi connectivity index (χ4n) is 10.8. The Labute approximate surface area is 442 Å². The van der Waals surface area contributed by atoms with Crippen LogP contribution in [0.15, 0.2) is 64.6 Å². The van der Waals surface area contributed by atoms with Gasteiger partial charge in [-0.3, -0.25) is 15.0 Å². The molecule has 5 saturated carbocycles. The van der Waals surface area contributed by atoms with Crippen molar-refractivity contribution in [1.29, 1.82) is 9.56 Å². The molecule has 6 fully saturated rings. The van der Waals surface area contributed by atoms with E-state index in [2.05, 4.69) is 26.1 Å². The summed E-state index contributed by atoms with van der Waals surface area (Å²) in [5.41, 5.74) is 4.23. The van der Waals surface area contributed by atoms with Gasteiger partial charge in [-0.1, -0.05) is 12.1 Å². The Morgan fingerprint density at radius 2 is 1.26 bits per heavy atom. The average Bonchev–Trinajstić information content (AvgIpc) is 4.35. The van der Waals surface area contributed by atoms with Gasteiger partial charge in [0.05, 0.1) is 66.9 Å². The number of aromatic nitrogens is 4. The topological polar surface area (TPSA) is 237 Å². The smallest absolute Gasteiger partial charge is 0.407 e. The number of rotatable bonds is 18. The van der Waals surface area contributed by atoms with Crippen molar-refractivity contribution >= 4 is 71.5 Å². The standard InChI is InChI=1S/C53H68N10O7S4/c1-30(2)68-52(64)59-35-10-6-33(7-11-35)51-57-29-46(72-51)43-21-15-38(26-48(43)74(55,67)41-18-19-41)63-23-22-39(70-63)24-31(3)69-53(65)60-36-12-8-34(9-13-36)50-56-28-45(71-50)42-20-14-37(25-47(42)73(54,66)40-16-17-40)58-49-27-44(61-62-49)32-4-5-32/h14-15,20-21,25-36,39-41,54-55H,4-13,16-19,22-24H2,1-3H3,(H,59,64)(H,60,65)(H2,58,61,62)/t31?,33-,34?,35-,36?,39?,73?,74?. The Hall–Kier alpha value is -5.09. The van der Waals surface area contributed by atoms with Gasteiger partial charge in [0.1, 0.15) is 6.10 Å². The van der Waals surface area contributed by atoms with Crippen LogP contribution < -0.4 is 21.0 Å². The third-order valence-electron chi connectivity index (χ3n) is 15.3. The predicted molar refractivity (Wildman–Crippen MR) is 289 cm³/mol. The van der Waals surface area contributed by atoms with Crippen molar-refractivity contribution in [1.82, 2.24) is 30.8 Å². The molecule has 5 aliphatic carbocycles. The Morgan fingerprint density at radius 1 is 0.716 bits per heavy atom. The molecule has 6 aliphatic rings. The first-order chi connectivity index (χ1) is 35.6. The molecular formula is C53H68N10O7S4. The zero-order valence-electron chi connectivity index (χ0n) is 42.3. The minimum atomic E-state index is -3.08. The third kappa shape index (κ3) is 11.7. The number of carbonyl (C=O) groups excluding carboxylic acids is 2. The van der Waals surface area contributed by atoms with Crippen molar-refractivity contribution in [2.24, 2.45) is 0 Å². The molecule has 74 heavy (non-hydrogen) atoms. The number of ether oxygens (including phenoxy) is 2. The predicted octanol–water partition coefficient (Wildman–Crippen LogP) is 12.3. The summed E-state index contributed by atoms with van der Waals surface area (Å²) in [7, 11) is -6.10. The molecule has 3 aromatic heterocycles. The van der Waals surface area contributed by atoms with Crippen LogP contribution in [0.5, 0.6) is 0 Å². The number of anilines is 3. The molecule has 0 bridgehead atoms. The average molecular weight is 1090 g/mol. The lowest BCUT2D eigenvalue weighted by Crippen LogP contribution is -2.39. The molecule has 1 aliphatic heterocycles. The van der Waals surface area contributed by atoms with E-state index in [1.807, 2.05) is 80.7 Å². The van der Waals surface area contributed by atoms with E-state index in [4.69, 9.17) is 33.8 Å². The normalized spacial score (nSPS) is 25.2. The van der Waals surface area contributed by atoms with Crippen LogP contribution in [0.3, 0.4) is 0 Å². The molecule has 4 unspecified atom stereocenters. The van der Waals surface area contributed by atoms with Crippen LogP contribution in [0.25, 0.3) is 20.9 Å². The van der Waals surface area contributed by atoms with Crippen LogP contribution in [-0.4, -0.2) is 88.2 Å². The molecule has 0 spiro atoms. The summed E-state index contributed by atoms with van der Waals surface area (Å²) in [6.45, 7) is 6.17. The van der Waals surface area contributed by atoms with Crippen LogP contribution in [-0.2, 0) is 33.8 Å². The first kappa shape index (κ1) is 51.0. The number of hydrogen-bond donors (Lipinski definition) is 6. The molecule has 4 heterocycles. The summed E-state index contributed by atoms with van der Waals surface area (Å²) in [6, 6.07) is 13.7. The minimum Gasteiger partial charge on any atom is -0.447 e. The van der Waals surface area contributed by atoms with Gasteiger partial charge in [0.25, 0.3) is 0 Å². The number of nitrogens with one attached hydrogen (secondary N) is 6. The summed E-state index contributed by atoms with van der Waals surface area (Å²) in [5, 5.41) is 20.6. The van der Waals surface area contributed by atoms with E-state index in [1.165, 1.54) is 12.8 Å². The van der Waals surface area contributed by atoms with Crippen molar-refractivity contribution in [2.75, 3.05) is 16.9 Å². The summed E-state index contributed by atoms with van der Waals surface area (Å²) < 4.78 is 57.5. The fourth-order valence-corrected chi connectivity index (χ4v) is 17.1. The van der Waals surface area contributed by atoms with Crippen LogP contribution in [0.1, 0.15) is 157 Å². The number of aromatic amines is 1. The molecule has 0 radical (unpaired) electrons. The first-order valence-electron chi connectivity index (χ1n) is 26.6. The Kier molecular flexibility index (Phi) is 14.6. The van der Waals surface area contributed by atoms with E-state index in [9.17, 15) is 18.0 Å². The number of hydroxylamine groups is 1. The van der Waals surface area contributed by atoms with E-state index in [0.717, 1.165) is 131 Å². The number of carbonyl (C=O) groups is 2. The van der Waals surface area contributed by atoms with Gasteiger partial charge in [0.15, 0.2) is 5.82 Å². The number of alkyl carbamates (subject to hydrolysis) is 2. The second-order valence-corrected chi connectivity index (χ2v) is 28.4. The molecule has 2 amide bonds. The third-order valence-corrected chi connectivity index (χ3v) is 22.5. The monoisotopic (exact) mass is 1080 g/mol. The lowest BCUT2D eigenvalue weighted by atomic mass is 9.86. The molecular weight excluding hydrogens is 1020 g/mol. The summed E-state index contributed by atoms with van der Waals surface area (Å²) >= 11 is 3.21. The van der Waals surface area contributed by atoms with Gasteiger partial charge in [-0.2, -0.15) is 5.10 Å². The van der Waals surface area contributed by atoms with E-state index >= 15 is 0 Å². The van der Waals surface area contributed by atoms with Gasteiger partial charge in [-0.05, 0) is 141 Å². The number of amides is 2. The van der Waals surface area contributed by atoms with Crippen LogP contribution >= 0.6 is 22.7 Å². The maximum absolute atomic E-state index is 14.2. The van der Waals surface area contributed by atoms with Crippen molar-refractivity contribution in [3.05, 3.63) is 70.6 Å². The molecule has 11 rings (SSSR count). The highest BCUT2D eigenvalue weighted by atomic mass is 32.2. The molecule has 21 heteroatoms. The summed E-state index contributed by atoms with van der Waals surface area (Å²) in [5.74, 6) is 1.77.